The SMILES string of the molecule is N#CCN.O=C(C1CCCCC1)N1CC(=O)N2CCCc3ccccc3C2C1. The summed E-state index contributed by atoms with van der Waals surface area (Å²) >= 11 is 0. The Balaban J connectivity index is 0.000000516. The van der Waals surface area contributed by atoms with Crippen LogP contribution in [0.4, 0.5) is 0 Å². The molecule has 28 heavy (non-hydrogen) atoms. The Morgan fingerprint density at radius 2 is 1.89 bits per heavy atom. The fourth-order valence-corrected chi connectivity index (χ4v) is 4.65. The third-order valence-electron chi connectivity index (χ3n) is 6.03. The minimum absolute atomic E-state index is 0.0393. The van der Waals surface area contributed by atoms with Gasteiger partial charge in [-0.1, -0.05) is 43.5 Å². The largest absolute Gasteiger partial charge is 0.332 e. The summed E-state index contributed by atoms with van der Waals surface area (Å²) in [5.41, 5.74) is 7.24. The van der Waals surface area contributed by atoms with Gasteiger partial charge in [-0.05, 0) is 36.8 Å². The maximum Gasteiger partial charge on any atom is 0.242 e. The van der Waals surface area contributed by atoms with Gasteiger partial charge in [-0.2, -0.15) is 5.26 Å². The molecule has 0 aromatic heterocycles. The van der Waals surface area contributed by atoms with E-state index in [0.29, 0.717) is 6.54 Å². The van der Waals surface area contributed by atoms with Crippen LogP contribution in [-0.4, -0.2) is 47.8 Å². The molecule has 2 amide bonds. The minimum atomic E-state index is 0.0393. The maximum absolute atomic E-state index is 12.9. The van der Waals surface area contributed by atoms with Crippen molar-refractivity contribution in [1.82, 2.24) is 9.80 Å². The number of benzene rings is 1. The van der Waals surface area contributed by atoms with Crippen molar-refractivity contribution in [1.29, 1.82) is 5.26 Å². The van der Waals surface area contributed by atoms with E-state index in [2.05, 4.69) is 30.0 Å². The Labute approximate surface area is 167 Å². The Bertz CT molecular complexity index is 736. The van der Waals surface area contributed by atoms with E-state index in [-0.39, 0.29) is 36.9 Å². The zero-order chi connectivity index (χ0) is 19.9. The van der Waals surface area contributed by atoms with Crippen molar-refractivity contribution in [2.24, 2.45) is 11.7 Å². The van der Waals surface area contributed by atoms with Crippen LogP contribution in [0.1, 0.15) is 55.7 Å². The number of aryl methyl sites for hydroxylation is 1. The molecule has 6 nitrogen and oxygen atoms in total. The molecule has 1 saturated heterocycles. The van der Waals surface area contributed by atoms with Crippen LogP contribution in [0.5, 0.6) is 0 Å². The fraction of sp³-hybridized carbons (Fsp3) is 0.591. The summed E-state index contributed by atoms with van der Waals surface area (Å²) in [6.07, 6.45) is 7.56. The van der Waals surface area contributed by atoms with Gasteiger partial charge in [0.2, 0.25) is 11.8 Å². The number of nitrogens with zero attached hydrogens (tertiary/aromatic N) is 3. The summed E-state index contributed by atoms with van der Waals surface area (Å²) in [4.78, 5) is 29.5. The van der Waals surface area contributed by atoms with Gasteiger partial charge in [-0.15, -0.1) is 0 Å². The lowest BCUT2D eigenvalue weighted by Gasteiger charge is -2.42. The van der Waals surface area contributed by atoms with Gasteiger partial charge < -0.3 is 15.5 Å². The minimum Gasteiger partial charge on any atom is -0.332 e. The van der Waals surface area contributed by atoms with Crippen LogP contribution >= 0.6 is 0 Å². The van der Waals surface area contributed by atoms with Crippen molar-refractivity contribution >= 4 is 11.8 Å². The molecule has 1 saturated carbocycles. The first kappa shape index (κ1) is 20.3. The predicted octanol–water partition coefficient (Wildman–Crippen LogP) is 2.39. The Kier molecular flexibility index (Phi) is 7.05. The summed E-state index contributed by atoms with van der Waals surface area (Å²) in [6.45, 7) is 1.87. The number of nitriles is 1. The van der Waals surface area contributed by atoms with Crippen LogP contribution in [0.2, 0.25) is 0 Å². The second-order valence-corrected chi connectivity index (χ2v) is 7.82. The smallest absolute Gasteiger partial charge is 0.242 e. The number of carbonyl (C=O) groups is 2. The molecule has 2 aliphatic heterocycles. The number of amides is 2. The molecule has 0 spiro atoms. The van der Waals surface area contributed by atoms with Crippen LogP contribution < -0.4 is 5.73 Å². The second kappa shape index (κ2) is 9.70. The third-order valence-corrected chi connectivity index (χ3v) is 6.03. The first-order valence-corrected chi connectivity index (χ1v) is 10.4. The number of nitrogens with two attached hydrogens (primary N) is 1. The van der Waals surface area contributed by atoms with Gasteiger partial charge in [0.15, 0.2) is 0 Å². The molecule has 1 aromatic carbocycles. The standard InChI is InChI=1S/C20H26N2O2.C2H4N2/c23-19-14-21(20(24)16-8-2-1-3-9-16)13-18-17-11-5-4-7-15(17)10-6-12-22(18)19;3-1-2-4/h4-5,7,11,16,18H,1-3,6,8-10,12-14H2;1,3H2. The van der Waals surface area contributed by atoms with E-state index in [1.807, 2.05) is 9.80 Å². The lowest BCUT2D eigenvalue weighted by atomic mass is 9.87. The van der Waals surface area contributed by atoms with Crippen molar-refractivity contribution in [3.63, 3.8) is 0 Å². The summed E-state index contributed by atoms with van der Waals surface area (Å²) in [7, 11) is 0. The maximum atomic E-state index is 12.9. The van der Waals surface area contributed by atoms with Gasteiger partial charge in [-0.25, -0.2) is 0 Å². The molecule has 1 aromatic rings. The molecule has 0 bridgehead atoms. The first-order chi connectivity index (χ1) is 13.7. The van der Waals surface area contributed by atoms with Crippen LogP contribution in [0.3, 0.4) is 0 Å². The number of hydrogen-bond donors (Lipinski definition) is 1. The Hall–Kier alpha value is -2.39. The molecule has 150 valence electrons. The zero-order valence-corrected chi connectivity index (χ0v) is 16.5. The van der Waals surface area contributed by atoms with E-state index in [1.165, 1.54) is 17.5 Å². The second-order valence-electron chi connectivity index (χ2n) is 7.82. The number of hydrogen-bond acceptors (Lipinski definition) is 4. The number of rotatable bonds is 1. The molecular weight excluding hydrogens is 352 g/mol. The first-order valence-electron chi connectivity index (χ1n) is 10.4. The van der Waals surface area contributed by atoms with E-state index in [0.717, 1.165) is 45.1 Å². The molecule has 0 radical (unpaired) electrons. The lowest BCUT2D eigenvalue weighted by molar-refractivity contribution is -0.151. The van der Waals surface area contributed by atoms with E-state index < -0.39 is 0 Å². The quantitative estimate of drug-likeness (QED) is 0.755. The fourth-order valence-electron chi connectivity index (χ4n) is 4.65. The van der Waals surface area contributed by atoms with Crippen LogP contribution in [0.15, 0.2) is 24.3 Å². The van der Waals surface area contributed by atoms with Crippen molar-refractivity contribution in [2.45, 2.75) is 51.0 Å². The van der Waals surface area contributed by atoms with Gasteiger partial charge in [0, 0.05) is 19.0 Å². The molecule has 2 N–H and O–H groups in total. The summed E-state index contributed by atoms with van der Waals surface area (Å²) in [5.74, 6) is 0.468. The predicted molar refractivity (Wildman–Crippen MR) is 107 cm³/mol. The molecule has 6 heteroatoms. The Morgan fingerprint density at radius 3 is 2.61 bits per heavy atom. The van der Waals surface area contributed by atoms with E-state index in [1.54, 1.807) is 6.07 Å². The molecule has 2 fully saturated rings. The number of piperazine rings is 1. The lowest BCUT2D eigenvalue weighted by Crippen LogP contribution is -2.55. The average molecular weight is 383 g/mol. The molecule has 1 aliphatic carbocycles. The van der Waals surface area contributed by atoms with Crippen molar-refractivity contribution < 1.29 is 9.59 Å². The summed E-state index contributed by atoms with van der Waals surface area (Å²) in [5, 5.41) is 7.50. The number of carbonyl (C=O) groups excluding carboxylic acids is 2. The number of fused-ring (bicyclic) bond motifs is 3. The molecule has 3 aliphatic rings. The van der Waals surface area contributed by atoms with Crippen LogP contribution in [0, 0.1) is 17.2 Å². The average Bonchev–Trinajstić information content (AvgIpc) is 2.94. The van der Waals surface area contributed by atoms with E-state index >= 15 is 0 Å². The monoisotopic (exact) mass is 382 g/mol. The van der Waals surface area contributed by atoms with Gasteiger partial charge in [0.25, 0.3) is 0 Å². The van der Waals surface area contributed by atoms with Crippen LogP contribution in [-0.2, 0) is 16.0 Å². The highest BCUT2D eigenvalue weighted by Crippen LogP contribution is 2.34. The van der Waals surface area contributed by atoms with Gasteiger partial charge in [-0.3, -0.25) is 9.59 Å². The van der Waals surface area contributed by atoms with Crippen molar-refractivity contribution in [3.8, 4) is 6.07 Å². The van der Waals surface area contributed by atoms with Crippen molar-refractivity contribution in [3.05, 3.63) is 35.4 Å². The van der Waals surface area contributed by atoms with Gasteiger partial charge in [0.1, 0.15) is 0 Å². The molecule has 1 unspecified atom stereocenters. The summed E-state index contributed by atoms with van der Waals surface area (Å²) < 4.78 is 0. The van der Waals surface area contributed by atoms with Crippen molar-refractivity contribution in [2.75, 3.05) is 26.2 Å². The van der Waals surface area contributed by atoms with Gasteiger partial charge in [0.05, 0.1) is 25.2 Å². The molecule has 4 rings (SSSR count). The third kappa shape index (κ3) is 4.53. The van der Waals surface area contributed by atoms with Gasteiger partial charge >= 0.3 is 0 Å². The molecule has 2 heterocycles. The van der Waals surface area contributed by atoms with Crippen LogP contribution in [0.25, 0.3) is 0 Å². The zero-order valence-electron chi connectivity index (χ0n) is 16.5. The topological polar surface area (TPSA) is 90.4 Å². The highest BCUT2D eigenvalue weighted by atomic mass is 16.2. The summed E-state index contributed by atoms with van der Waals surface area (Å²) in [6, 6.07) is 10.2. The normalized spacial score (nSPS) is 22.1. The molecule has 1 atom stereocenters. The van der Waals surface area contributed by atoms with E-state index in [4.69, 9.17) is 5.26 Å². The molecular formula is C22H30N4O2. The highest BCUT2D eigenvalue weighted by molar-refractivity contribution is 5.87. The highest BCUT2D eigenvalue weighted by Gasteiger charge is 2.39. The van der Waals surface area contributed by atoms with E-state index in [9.17, 15) is 9.59 Å². The Morgan fingerprint density at radius 1 is 1.18 bits per heavy atom.